The summed E-state index contributed by atoms with van der Waals surface area (Å²) in [4.78, 5) is 18.6. The summed E-state index contributed by atoms with van der Waals surface area (Å²) in [5, 5.41) is 4.09. The van der Waals surface area contributed by atoms with E-state index in [0.29, 0.717) is 42.4 Å². The maximum atomic E-state index is 13.5. The number of hydrogen-bond donors (Lipinski definition) is 0. The molecule has 150 valence electrons. The molecule has 1 atom stereocenters. The van der Waals surface area contributed by atoms with Gasteiger partial charge in [0.25, 0.3) is 0 Å². The van der Waals surface area contributed by atoms with Crippen LogP contribution in [0, 0.1) is 12.7 Å². The number of hydrogen-bond acceptors (Lipinski definition) is 5. The zero-order valence-corrected chi connectivity index (χ0v) is 16.4. The molecule has 6 nitrogen and oxygen atoms in total. The third-order valence-corrected chi connectivity index (χ3v) is 5.21. The molecule has 2 aromatic carbocycles. The van der Waals surface area contributed by atoms with Crippen LogP contribution in [0.15, 0.2) is 47.0 Å². The molecule has 3 aromatic rings. The monoisotopic (exact) mass is 395 g/mol. The van der Waals surface area contributed by atoms with E-state index in [2.05, 4.69) is 10.1 Å². The molecule has 1 aliphatic rings. The van der Waals surface area contributed by atoms with E-state index in [4.69, 9.17) is 9.26 Å². The number of benzene rings is 2. The minimum atomic E-state index is -0.281. The van der Waals surface area contributed by atoms with Gasteiger partial charge >= 0.3 is 0 Å². The van der Waals surface area contributed by atoms with Gasteiger partial charge < -0.3 is 14.2 Å². The lowest BCUT2D eigenvalue weighted by Gasteiger charge is -2.16. The standard InChI is InChI=1S/C22H22FN3O3/c1-14-11-17(6-9-19(14)23)26-13-16(12-21(26)27)22-24-20(29-25-22)10-5-15-3-7-18(28-2)8-4-15/h3-4,6-9,11,16H,5,10,12-13H2,1-2H3. The molecule has 0 saturated carbocycles. The van der Waals surface area contributed by atoms with Crippen LogP contribution in [0.25, 0.3) is 0 Å². The summed E-state index contributed by atoms with van der Waals surface area (Å²) >= 11 is 0. The van der Waals surface area contributed by atoms with Crippen LogP contribution >= 0.6 is 0 Å². The summed E-state index contributed by atoms with van der Waals surface area (Å²) in [5.74, 6) is 1.48. The van der Waals surface area contributed by atoms with Gasteiger partial charge in [-0.3, -0.25) is 4.79 Å². The number of aromatic nitrogens is 2. The van der Waals surface area contributed by atoms with Crippen molar-refractivity contribution in [1.82, 2.24) is 10.1 Å². The Morgan fingerprint density at radius 3 is 2.72 bits per heavy atom. The van der Waals surface area contributed by atoms with Crippen molar-refractivity contribution in [3.05, 3.63) is 71.1 Å². The predicted octanol–water partition coefficient (Wildman–Crippen LogP) is 3.83. The highest BCUT2D eigenvalue weighted by atomic mass is 19.1. The average Bonchev–Trinajstić information content (AvgIpc) is 3.35. The van der Waals surface area contributed by atoms with Crippen molar-refractivity contribution < 1.29 is 18.4 Å². The minimum Gasteiger partial charge on any atom is -0.497 e. The van der Waals surface area contributed by atoms with E-state index in [0.717, 1.165) is 17.7 Å². The minimum absolute atomic E-state index is 0.0226. The summed E-state index contributed by atoms with van der Waals surface area (Å²) in [6.07, 6.45) is 1.71. The van der Waals surface area contributed by atoms with Crippen molar-refractivity contribution in [2.24, 2.45) is 0 Å². The number of anilines is 1. The molecule has 2 heterocycles. The number of halogens is 1. The molecule has 7 heteroatoms. The number of rotatable bonds is 6. The maximum absolute atomic E-state index is 13.5. The van der Waals surface area contributed by atoms with Gasteiger partial charge in [-0.2, -0.15) is 4.98 Å². The Morgan fingerprint density at radius 1 is 1.21 bits per heavy atom. The molecule has 0 N–H and O–H groups in total. The topological polar surface area (TPSA) is 68.5 Å². The van der Waals surface area contributed by atoms with Gasteiger partial charge in [-0.1, -0.05) is 17.3 Å². The number of methoxy groups -OCH3 is 1. The molecule has 0 spiro atoms. The molecule has 0 bridgehead atoms. The van der Waals surface area contributed by atoms with Gasteiger partial charge in [-0.15, -0.1) is 0 Å². The van der Waals surface area contributed by atoms with Crippen LogP contribution in [-0.4, -0.2) is 29.7 Å². The number of nitrogens with zero attached hydrogens (tertiary/aromatic N) is 3. The number of carbonyl (C=O) groups is 1. The van der Waals surface area contributed by atoms with Crippen LogP contribution in [0.4, 0.5) is 10.1 Å². The van der Waals surface area contributed by atoms with Crippen molar-refractivity contribution in [2.75, 3.05) is 18.6 Å². The molecule has 1 aliphatic heterocycles. The van der Waals surface area contributed by atoms with Crippen molar-refractivity contribution in [3.63, 3.8) is 0 Å². The van der Waals surface area contributed by atoms with Crippen molar-refractivity contribution >= 4 is 11.6 Å². The number of amides is 1. The fraction of sp³-hybridized carbons (Fsp3) is 0.318. The van der Waals surface area contributed by atoms with Gasteiger partial charge in [0.05, 0.1) is 7.11 Å². The zero-order valence-electron chi connectivity index (χ0n) is 16.4. The van der Waals surface area contributed by atoms with Crippen LogP contribution in [0.2, 0.25) is 0 Å². The van der Waals surface area contributed by atoms with E-state index in [1.807, 2.05) is 24.3 Å². The molecule has 1 unspecified atom stereocenters. The van der Waals surface area contributed by atoms with E-state index < -0.39 is 0 Å². The zero-order chi connectivity index (χ0) is 20.4. The van der Waals surface area contributed by atoms with Crippen LogP contribution in [-0.2, 0) is 17.6 Å². The Balaban J connectivity index is 1.40. The first-order valence-electron chi connectivity index (χ1n) is 9.55. The maximum Gasteiger partial charge on any atom is 0.227 e. The quantitative estimate of drug-likeness (QED) is 0.635. The molecule has 4 rings (SSSR count). The Hall–Kier alpha value is -3.22. The van der Waals surface area contributed by atoms with Crippen molar-refractivity contribution in [1.29, 1.82) is 0 Å². The number of aryl methyl sites for hydroxylation is 3. The Kier molecular flexibility index (Phi) is 5.29. The second-order valence-corrected chi connectivity index (χ2v) is 7.23. The summed E-state index contributed by atoms with van der Waals surface area (Å²) in [7, 11) is 1.64. The van der Waals surface area contributed by atoms with Gasteiger partial charge in [-0.05, 0) is 54.8 Å². The lowest BCUT2D eigenvalue weighted by molar-refractivity contribution is -0.117. The van der Waals surface area contributed by atoms with Crippen LogP contribution < -0.4 is 9.64 Å². The van der Waals surface area contributed by atoms with E-state index in [9.17, 15) is 9.18 Å². The first-order valence-corrected chi connectivity index (χ1v) is 9.55. The van der Waals surface area contributed by atoms with E-state index in [1.165, 1.54) is 6.07 Å². The van der Waals surface area contributed by atoms with Gasteiger partial charge in [0.2, 0.25) is 11.8 Å². The lowest BCUT2D eigenvalue weighted by Crippen LogP contribution is -2.24. The van der Waals surface area contributed by atoms with Crippen molar-refractivity contribution in [2.45, 2.75) is 32.1 Å². The summed E-state index contributed by atoms with van der Waals surface area (Å²) < 4.78 is 24.1. The highest BCUT2D eigenvalue weighted by Crippen LogP contribution is 2.31. The second-order valence-electron chi connectivity index (χ2n) is 7.23. The van der Waals surface area contributed by atoms with Gasteiger partial charge in [0.1, 0.15) is 11.6 Å². The third kappa shape index (κ3) is 4.13. The van der Waals surface area contributed by atoms with Crippen LogP contribution in [0.3, 0.4) is 0 Å². The first-order chi connectivity index (χ1) is 14.0. The third-order valence-electron chi connectivity index (χ3n) is 5.21. The second kappa shape index (κ2) is 8.03. The van der Waals surface area contributed by atoms with Gasteiger partial charge in [-0.25, -0.2) is 4.39 Å². The highest BCUT2D eigenvalue weighted by molar-refractivity contribution is 5.96. The van der Waals surface area contributed by atoms with Gasteiger partial charge in [0, 0.05) is 31.0 Å². The predicted molar refractivity (Wildman–Crippen MR) is 106 cm³/mol. The molecule has 0 aliphatic carbocycles. The summed E-state index contributed by atoms with van der Waals surface area (Å²) in [6.45, 7) is 2.15. The largest absolute Gasteiger partial charge is 0.497 e. The smallest absolute Gasteiger partial charge is 0.227 e. The van der Waals surface area contributed by atoms with Gasteiger partial charge in [0.15, 0.2) is 5.82 Å². The molecule has 1 fully saturated rings. The van der Waals surface area contributed by atoms with E-state index in [-0.39, 0.29) is 17.6 Å². The Bertz CT molecular complexity index is 1020. The van der Waals surface area contributed by atoms with Crippen molar-refractivity contribution in [3.8, 4) is 5.75 Å². The summed E-state index contributed by atoms with van der Waals surface area (Å²) in [6, 6.07) is 12.6. The van der Waals surface area contributed by atoms with Crippen LogP contribution in [0.5, 0.6) is 5.75 Å². The summed E-state index contributed by atoms with van der Waals surface area (Å²) in [5.41, 5.74) is 2.36. The van der Waals surface area contributed by atoms with E-state index >= 15 is 0 Å². The number of ether oxygens (including phenoxy) is 1. The average molecular weight is 395 g/mol. The Labute approximate surface area is 168 Å². The lowest BCUT2D eigenvalue weighted by atomic mass is 10.1. The molecular weight excluding hydrogens is 373 g/mol. The van der Waals surface area contributed by atoms with E-state index in [1.54, 1.807) is 31.1 Å². The number of carbonyl (C=O) groups excluding carboxylic acids is 1. The molecule has 0 radical (unpaired) electrons. The highest BCUT2D eigenvalue weighted by Gasteiger charge is 2.34. The molecule has 1 saturated heterocycles. The normalized spacial score (nSPS) is 16.4. The fourth-order valence-electron chi connectivity index (χ4n) is 3.51. The molecule has 1 amide bonds. The molecular formula is C22H22FN3O3. The molecule has 1 aromatic heterocycles. The SMILES string of the molecule is COc1ccc(CCc2nc(C3CC(=O)N(c4ccc(F)c(C)c4)C3)no2)cc1. The first kappa shape index (κ1) is 19.1. The van der Waals surface area contributed by atoms with Crippen LogP contribution in [0.1, 0.15) is 35.2 Å². The Morgan fingerprint density at radius 2 is 2.00 bits per heavy atom. The molecule has 29 heavy (non-hydrogen) atoms. The fourth-order valence-corrected chi connectivity index (χ4v) is 3.51.